The molecule has 5 atom stereocenters. The number of rotatable bonds is 14. The monoisotopic (exact) mass is 821 g/mol. The number of hydrogen-bond donors (Lipinski definition) is 9. The maximum Gasteiger partial charge on any atom is 0.335 e. The van der Waals surface area contributed by atoms with Crippen molar-refractivity contribution < 1.29 is 48.8 Å². The van der Waals surface area contributed by atoms with E-state index in [1.165, 1.54) is 0 Å². The van der Waals surface area contributed by atoms with Crippen molar-refractivity contribution >= 4 is 68.3 Å². The second-order valence-electron chi connectivity index (χ2n) is 15.1. The molecule has 314 valence electrons. The lowest BCUT2D eigenvalue weighted by Gasteiger charge is -2.35. The fraction of sp³-hybridized carbons (Fsp3) is 0.326. The van der Waals surface area contributed by atoms with Gasteiger partial charge in [0.05, 0.1) is 24.4 Å². The van der Waals surface area contributed by atoms with Crippen LogP contribution in [0.2, 0.25) is 0 Å². The highest BCUT2D eigenvalue weighted by Crippen LogP contribution is 2.42. The third kappa shape index (κ3) is 8.95. The molecule has 1 unspecified atom stereocenters. The van der Waals surface area contributed by atoms with Gasteiger partial charge < -0.3 is 61.7 Å². The zero-order valence-corrected chi connectivity index (χ0v) is 32.9. The number of aromatic amines is 1. The van der Waals surface area contributed by atoms with E-state index in [4.69, 9.17) is 15.2 Å². The predicted octanol–water partition coefficient (Wildman–Crippen LogP) is 2.70. The Kier molecular flexibility index (Phi) is 12.4. The molecule has 17 nitrogen and oxygen atoms in total. The number of aliphatic hydroxyl groups is 2. The van der Waals surface area contributed by atoms with Gasteiger partial charge in [0.2, 0.25) is 18.1 Å². The average Bonchev–Trinajstić information content (AvgIpc) is 3.86. The van der Waals surface area contributed by atoms with Crippen LogP contribution in [0.25, 0.3) is 21.7 Å². The van der Waals surface area contributed by atoms with E-state index in [9.17, 15) is 39.3 Å². The molecule has 5 aromatic rings. The minimum Gasteiger partial charge on any atom is -0.479 e. The summed E-state index contributed by atoms with van der Waals surface area (Å²) in [5.41, 5.74) is 9.34. The molecule has 0 saturated carbocycles. The topological polar surface area (TPSA) is 258 Å². The molecule has 10 N–H and O–H groups in total. The maximum absolute atomic E-state index is 14.1. The summed E-state index contributed by atoms with van der Waals surface area (Å²) in [5, 5.41) is 43.5. The molecule has 0 radical (unpaired) electrons. The lowest BCUT2D eigenvalue weighted by molar-refractivity contribution is -0.228. The summed E-state index contributed by atoms with van der Waals surface area (Å²) in [6, 6.07) is 21.9. The Bertz CT molecular complexity index is 2430. The number of aromatic nitrogens is 1. The van der Waals surface area contributed by atoms with E-state index in [2.05, 4.69) is 26.3 Å². The lowest BCUT2D eigenvalue weighted by atomic mass is 10.0. The van der Waals surface area contributed by atoms with Gasteiger partial charge >= 0.3 is 5.97 Å². The van der Waals surface area contributed by atoms with E-state index >= 15 is 0 Å². The van der Waals surface area contributed by atoms with Crippen molar-refractivity contribution in [2.75, 3.05) is 41.7 Å². The van der Waals surface area contributed by atoms with Gasteiger partial charge in [0.25, 0.3) is 11.8 Å². The van der Waals surface area contributed by atoms with Crippen LogP contribution >= 0.6 is 0 Å². The normalized spacial score (nSPS) is 19.2. The number of nitrogens with one attached hydrogen (secondary N) is 5. The number of aliphatic carboxylic acids is 1. The number of aliphatic hydroxyl groups excluding tert-OH is 2. The summed E-state index contributed by atoms with van der Waals surface area (Å²) in [6.45, 7) is 4.81. The van der Waals surface area contributed by atoms with Gasteiger partial charge in [0.1, 0.15) is 17.5 Å². The number of amides is 4. The Labute approximate surface area is 344 Å². The fourth-order valence-electron chi connectivity index (χ4n) is 7.54. The second-order valence-corrected chi connectivity index (χ2v) is 15.1. The average molecular weight is 822 g/mol. The van der Waals surface area contributed by atoms with Crippen LogP contribution < -0.4 is 36.6 Å². The van der Waals surface area contributed by atoms with Crippen molar-refractivity contribution in [3.63, 3.8) is 0 Å². The summed E-state index contributed by atoms with van der Waals surface area (Å²) in [6.07, 6.45) is -5.44. The number of nitrogens with two attached hydrogens (primary N) is 1. The van der Waals surface area contributed by atoms with Gasteiger partial charge in [-0.15, -0.1) is 0 Å². The van der Waals surface area contributed by atoms with Crippen molar-refractivity contribution in [3.8, 4) is 5.75 Å². The van der Waals surface area contributed by atoms with E-state index in [1.54, 1.807) is 59.5 Å². The quantitative estimate of drug-likeness (QED) is 0.0784. The first-order chi connectivity index (χ1) is 28.8. The minimum absolute atomic E-state index is 0.00174. The minimum atomic E-state index is -1.68. The number of carboxylic acids is 1. The van der Waals surface area contributed by atoms with Gasteiger partial charge in [-0.05, 0) is 71.8 Å². The third-order valence-corrected chi connectivity index (χ3v) is 10.6. The number of carboxylic acid groups (broad SMARTS) is 1. The highest BCUT2D eigenvalue weighted by atomic mass is 16.7. The third-order valence-electron chi connectivity index (χ3n) is 10.6. The molecule has 0 spiro atoms. The molecule has 1 aromatic heterocycles. The predicted molar refractivity (Wildman–Crippen MR) is 223 cm³/mol. The first-order valence-electron chi connectivity index (χ1n) is 19.6. The largest absolute Gasteiger partial charge is 0.479 e. The Morgan fingerprint density at radius 1 is 0.950 bits per heavy atom. The van der Waals surface area contributed by atoms with Crippen molar-refractivity contribution in [2.45, 2.75) is 57.3 Å². The van der Waals surface area contributed by atoms with Crippen LogP contribution in [0.1, 0.15) is 46.7 Å². The van der Waals surface area contributed by atoms with Crippen LogP contribution in [-0.2, 0) is 25.5 Å². The summed E-state index contributed by atoms with van der Waals surface area (Å²) in [7, 11) is 0. The molecule has 0 aliphatic carbocycles. The highest BCUT2D eigenvalue weighted by molar-refractivity contribution is 6.11. The van der Waals surface area contributed by atoms with E-state index < -0.39 is 48.4 Å². The van der Waals surface area contributed by atoms with Crippen LogP contribution in [0, 0.1) is 5.92 Å². The number of fused-ring (bicyclic) bond motifs is 4. The molecule has 17 heteroatoms. The van der Waals surface area contributed by atoms with E-state index in [0.29, 0.717) is 71.0 Å². The number of carbonyl (C=O) groups is 5. The van der Waals surface area contributed by atoms with Crippen molar-refractivity contribution in [1.29, 1.82) is 0 Å². The number of hydrogen-bond acceptors (Lipinski definition) is 11. The number of H-pyrrole nitrogens is 1. The molecule has 1 fully saturated rings. The molecule has 7 rings (SSSR count). The molecule has 3 heterocycles. The van der Waals surface area contributed by atoms with Crippen LogP contribution in [0.4, 0.5) is 17.1 Å². The van der Waals surface area contributed by atoms with Crippen LogP contribution in [-0.4, -0.2) is 107 Å². The zero-order valence-electron chi connectivity index (χ0n) is 32.9. The van der Waals surface area contributed by atoms with Crippen LogP contribution in [0.3, 0.4) is 0 Å². The molecular weight excluding hydrogens is 775 g/mol. The first kappa shape index (κ1) is 41.8. The summed E-state index contributed by atoms with van der Waals surface area (Å²) < 4.78 is 11.7. The van der Waals surface area contributed by atoms with E-state index in [1.807, 2.05) is 38.1 Å². The summed E-state index contributed by atoms with van der Waals surface area (Å²) in [4.78, 5) is 68.9. The van der Waals surface area contributed by atoms with Gasteiger partial charge in [0, 0.05) is 65.3 Å². The van der Waals surface area contributed by atoms with Crippen LogP contribution in [0.15, 0.2) is 78.9 Å². The number of anilines is 3. The summed E-state index contributed by atoms with van der Waals surface area (Å²) >= 11 is 0. The summed E-state index contributed by atoms with van der Waals surface area (Å²) in [5.74, 6) is -2.52. The standard InChI is InChI=1S/C43H47N7O10/c1-22(2)37(45-15-14-44)41(55)46-21-35(52)47-25-9-7-23(8-10-25)40(54)48-26-11-12-30-24(17-26)18-31(49-30)42(56)50-16-13-28-27-5-3-4-6-29(27)34(19-32(28)50)59-36-20-33(51)38(53)39(60-36)43(57)58/h3-12,17-19,22,33,36-39,45,49,51,53H,13-16,20-21,44H2,1-2H3,(H,46,55)(H,47,52)(H,48,54)(H,57,58)/t33-,36+,37?,38+,39+/m1/s1. The molecule has 2 aliphatic rings. The number of carbonyl (C=O) groups excluding carboxylic acids is 4. The van der Waals surface area contributed by atoms with E-state index in [0.717, 1.165) is 16.3 Å². The smallest absolute Gasteiger partial charge is 0.335 e. The van der Waals surface area contributed by atoms with Crippen molar-refractivity contribution in [2.24, 2.45) is 11.7 Å². The van der Waals surface area contributed by atoms with Gasteiger partial charge in [0.15, 0.2) is 6.10 Å². The number of benzene rings is 4. The molecular formula is C43H47N7O10. The molecule has 2 aliphatic heterocycles. The van der Waals surface area contributed by atoms with Crippen LogP contribution in [0.5, 0.6) is 5.75 Å². The Balaban J connectivity index is 1.00. The van der Waals surface area contributed by atoms with E-state index in [-0.39, 0.29) is 30.7 Å². The fourth-order valence-corrected chi connectivity index (χ4v) is 7.54. The second kappa shape index (κ2) is 17.9. The first-order valence-corrected chi connectivity index (χ1v) is 19.6. The Hall–Kier alpha value is -6.37. The highest BCUT2D eigenvalue weighted by Gasteiger charge is 2.42. The molecule has 0 bridgehead atoms. The zero-order chi connectivity index (χ0) is 42.7. The lowest BCUT2D eigenvalue weighted by Crippen LogP contribution is -2.53. The Morgan fingerprint density at radius 3 is 2.40 bits per heavy atom. The SMILES string of the molecule is CC(C)C(NCCN)C(=O)NCC(=O)Nc1ccc(C(=O)Nc2ccc3[nH]c(C(=O)N4CCc5c4cc(O[C@@H]4C[C@@H](O)[C@H](O)[C@@H](C(=O)O)O4)c4ccccc54)cc3c2)cc1. The maximum atomic E-state index is 14.1. The molecule has 60 heavy (non-hydrogen) atoms. The van der Waals surface area contributed by atoms with Crippen molar-refractivity contribution in [3.05, 3.63) is 95.7 Å². The van der Waals surface area contributed by atoms with Gasteiger partial charge in [-0.25, -0.2) is 4.79 Å². The van der Waals surface area contributed by atoms with Gasteiger partial charge in [-0.2, -0.15) is 0 Å². The molecule has 4 aromatic carbocycles. The number of nitrogens with zero attached hydrogens (tertiary/aromatic N) is 1. The van der Waals surface area contributed by atoms with Gasteiger partial charge in [-0.3, -0.25) is 19.2 Å². The van der Waals surface area contributed by atoms with Gasteiger partial charge in [-0.1, -0.05) is 38.1 Å². The number of ether oxygens (including phenoxy) is 2. The Morgan fingerprint density at radius 2 is 1.68 bits per heavy atom. The molecule has 1 saturated heterocycles. The molecule has 4 amide bonds. The van der Waals surface area contributed by atoms with Crippen molar-refractivity contribution in [1.82, 2.24) is 15.6 Å².